The molecule has 7 atom stereocenters. The van der Waals surface area contributed by atoms with Gasteiger partial charge in [0.15, 0.2) is 0 Å². The maximum atomic E-state index is 5.35. The molecule has 0 bridgehead atoms. The van der Waals surface area contributed by atoms with Gasteiger partial charge in [-0.2, -0.15) is 0 Å². The maximum Gasteiger partial charge on any atom is 0.119 e. The number of ether oxygens (including phenoxy) is 1. The van der Waals surface area contributed by atoms with E-state index in [1.807, 2.05) is 6.07 Å². The molecule has 0 heterocycles. The molecule has 0 amide bonds. The summed E-state index contributed by atoms with van der Waals surface area (Å²) in [5, 5.41) is 3.92. The van der Waals surface area contributed by atoms with Gasteiger partial charge in [-0.3, -0.25) is 0 Å². The van der Waals surface area contributed by atoms with Crippen molar-refractivity contribution in [2.24, 2.45) is 34.5 Å². The summed E-state index contributed by atoms with van der Waals surface area (Å²) in [5.74, 6) is 5.46. The van der Waals surface area contributed by atoms with E-state index in [2.05, 4.69) is 23.5 Å². The van der Waals surface area contributed by atoms with Crippen LogP contribution in [-0.4, -0.2) is 13.2 Å². The first-order chi connectivity index (χ1) is 10.8. The van der Waals surface area contributed by atoms with E-state index in [1.54, 1.807) is 26.4 Å². The van der Waals surface area contributed by atoms with E-state index in [1.165, 1.54) is 18.4 Å². The van der Waals surface area contributed by atoms with E-state index in [0.29, 0.717) is 0 Å². The Balaban J connectivity index is 1.19. The second-order valence-corrected chi connectivity index (χ2v) is 8.70. The Bertz CT molecular complexity index is 655. The molecule has 0 saturated heterocycles. The largest absolute Gasteiger partial charge is 0.497 e. The Hall–Kier alpha value is -1.02. The zero-order valence-corrected chi connectivity index (χ0v) is 13.3. The lowest BCUT2D eigenvalue weighted by Crippen LogP contribution is -2.54. The first-order valence-electron chi connectivity index (χ1n) is 9.16. The van der Waals surface area contributed by atoms with E-state index in [9.17, 15) is 0 Å². The lowest BCUT2D eigenvalue weighted by atomic mass is 9.60. The molecule has 1 N–H and O–H groups in total. The van der Waals surface area contributed by atoms with E-state index < -0.39 is 0 Å². The fourth-order valence-corrected chi connectivity index (χ4v) is 7.70. The summed E-state index contributed by atoms with van der Waals surface area (Å²) in [5.41, 5.74) is 3.02. The Kier molecular flexibility index (Phi) is 2.10. The summed E-state index contributed by atoms with van der Waals surface area (Å²) >= 11 is 0. The van der Waals surface area contributed by atoms with Gasteiger partial charge in [-0.05, 0) is 77.9 Å². The van der Waals surface area contributed by atoms with Gasteiger partial charge in [-0.25, -0.2) is 0 Å². The van der Waals surface area contributed by atoms with E-state index in [-0.39, 0.29) is 0 Å². The first-order valence-corrected chi connectivity index (χ1v) is 9.16. The van der Waals surface area contributed by atoms with Crippen LogP contribution in [0.15, 0.2) is 24.3 Å². The fraction of sp³-hybridized carbons (Fsp3) is 0.700. The number of hydrogen-bond donors (Lipinski definition) is 1. The van der Waals surface area contributed by atoms with Crippen molar-refractivity contribution in [3.8, 4) is 5.75 Å². The smallest absolute Gasteiger partial charge is 0.119 e. The molecule has 0 radical (unpaired) electrons. The molecule has 1 aromatic rings. The Morgan fingerprint density at radius 1 is 1.27 bits per heavy atom. The molecule has 5 fully saturated rings. The molecule has 5 aliphatic carbocycles. The summed E-state index contributed by atoms with van der Waals surface area (Å²) in [6, 6.07) is 9.32. The average molecular weight is 295 g/mol. The summed E-state index contributed by atoms with van der Waals surface area (Å²) in [6.07, 6.45) is 7.68. The van der Waals surface area contributed by atoms with Crippen molar-refractivity contribution in [2.75, 3.05) is 7.11 Å². The number of nitrogens with one attached hydrogen (secondary N) is 1. The topological polar surface area (TPSA) is 21.3 Å². The molecule has 5 saturated carbocycles. The van der Waals surface area contributed by atoms with Crippen LogP contribution in [0.4, 0.5) is 0 Å². The van der Waals surface area contributed by atoms with Gasteiger partial charge < -0.3 is 10.1 Å². The van der Waals surface area contributed by atoms with Crippen LogP contribution in [0.25, 0.3) is 0 Å². The third kappa shape index (κ3) is 1.22. The van der Waals surface area contributed by atoms with Crippen LogP contribution in [-0.2, 0) is 6.54 Å². The minimum atomic E-state index is 0.796. The first kappa shape index (κ1) is 12.4. The lowest BCUT2D eigenvalue weighted by Gasteiger charge is -2.49. The van der Waals surface area contributed by atoms with Crippen molar-refractivity contribution >= 4 is 0 Å². The molecule has 6 unspecified atom stereocenters. The Morgan fingerprint density at radius 3 is 3.14 bits per heavy atom. The van der Waals surface area contributed by atoms with E-state index in [4.69, 9.17) is 4.74 Å². The highest BCUT2D eigenvalue weighted by molar-refractivity contribution is 5.40. The third-order valence-electron chi connectivity index (χ3n) is 8.28. The van der Waals surface area contributed by atoms with Gasteiger partial charge in [0.1, 0.15) is 5.75 Å². The van der Waals surface area contributed by atoms with Crippen molar-refractivity contribution in [2.45, 2.75) is 44.7 Å². The average Bonchev–Trinajstić information content (AvgIpc) is 3.33. The minimum absolute atomic E-state index is 0.796. The van der Waals surface area contributed by atoms with Crippen LogP contribution >= 0.6 is 0 Å². The quantitative estimate of drug-likeness (QED) is 0.916. The van der Waals surface area contributed by atoms with Crippen LogP contribution in [0, 0.1) is 34.5 Å². The highest BCUT2D eigenvalue weighted by Crippen LogP contribution is 2.95. The van der Waals surface area contributed by atoms with Gasteiger partial charge in [0.25, 0.3) is 0 Å². The summed E-state index contributed by atoms with van der Waals surface area (Å²) in [6.45, 7) is 1.00. The predicted molar refractivity (Wildman–Crippen MR) is 85.5 cm³/mol. The number of methoxy groups -OCH3 is 1. The van der Waals surface area contributed by atoms with Gasteiger partial charge in [0, 0.05) is 12.6 Å². The Morgan fingerprint density at radius 2 is 2.23 bits per heavy atom. The summed E-state index contributed by atoms with van der Waals surface area (Å²) in [7, 11) is 1.75. The number of rotatable bonds is 4. The molecule has 2 heteroatoms. The maximum absolute atomic E-state index is 5.35. The van der Waals surface area contributed by atoms with Crippen molar-refractivity contribution < 1.29 is 4.74 Å². The molecule has 116 valence electrons. The molecule has 22 heavy (non-hydrogen) atoms. The zero-order chi connectivity index (χ0) is 14.5. The molecule has 5 aliphatic rings. The van der Waals surface area contributed by atoms with Crippen LogP contribution in [0.3, 0.4) is 0 Å². The molecule has 1 aromatic carbocycles. The molecule has 6 rings (SSSR count). The molecule has 0 aromatic heterocycles. The van der Waals surface area contributed by atoms with E-state index >= 15 is 0 Å². The van der Waals surface area contributed by atoms with Gasteiger partial charge in [-0.15, -0.1) is 0 Å². The van der Waals surface area contributed by atoms with Crippen LogP contribution in [0.5, 0.6) is 5.75 Å². The molecule has 0 aliphatic heterocycles. The molecular formula is C20H25NO. The highest BCUT2D eigenvalue weighted by Gasteiger charge is 2.91. The number of benzene rings is 1. The number of fused-ring (bicyclic) bond motifs is 2. The predicted octanol–water partition coefficient (Wildman–Crippen LogP) is 3.61. The number of hydrogen-bond acceptors (Lipinski definition) is 2. The lowest BCUT2D eigenvalue weighted by molar-refractivity contribution is 0.0240. The summed E-state index contributed by atoms with van der Waals surface area (Å²) in [4.78, 5) is 0. The van der Waals surface area contributed by atoms with Crippen LogP contribution in [0.2, 0.25) is 0 Å². The third-order valence-corrected chi connectivity index (χ3v) is 8.28. The van der Waals surface area contributed by atoms with Crippen LogP contribution < -0.4 is 10.1 Å². The van der Waals surface area contributed by atoms with Gasteiger partial charge in [0.2, 0.25) is 0 Å². The van der Waals surface area contributed by atoms with Gasteiger partial charge in [0.05, 0.1) is 7.11 Å². The highest BCUT2D eigenvalue weighted by atomic mass is 16.5. The minimum Gasteiger partial charge on any atom is -0.497 e. The monoisotopic (exact) mass is 295 g/mol. The van der Waals surface area contributed by atoms with Crippen molar-refractivity contribution in [3.05, 3.63) is 29.8 Å². The molecular weight excluding hydrogens is 270 g/mol. The van der Waals surface area contributed by atoms with Gasteiger partial charge in [-0.1, -0.05) is 18.6 Å². The second-order valence-electron chi connectivity index (χ2n) is 8.70. The molecule has 2 spiro atoms. The zero-order valence-electron chi connectivity index (χ0n) is 13.3. The van der Waals surface area contributed by atoms with E-state index in [0.717, 1.165) is 52.8 Å². The Labute approximate surface area is 132 Å². The second kappa shape index (κ2) is 3.72. The SMILES string of the molecule is COc1cccc(CNC2CC34CC3C3[C@@H]5CCCC35C24)c1. The van der Waals surface area contributed by atoms with Crippen molar-refractivity contribution in [1.82, 2.24) is 5.32 Å². The van der Waals surface area contributed by atoms with Crippen molar-refractivity contribution in [3.63, 3.8) is 0 Å². The van der Waals surface area contributed by atoms with Gasteiger partial charge >= 0.3 is 0 Å². The normalized spacial score (nSPS) is 52.1. The van der Waals surface area contributed by atoms with Crippen LogP contribution in [0.1, 0.15) is 37.7 Å². The standard InChI is InChI=1S/C20H25NO/c1-22-13-5-2-4-12(8-13)11-21-16-10-19-9-15(19)17-14-6-3-7-20(14,17)18(16)19/h2,4-5,8,14-18,21H,3,6-7,9-11H2,1H3/t14-,15?,16?,17?,18?,19?,20?/m0/s1. The summed E-state index contributed by atoms with van der Waals surface area (Å²) < 4.78 is 5.35. The van der Waals surface area contributed by atoms with Crippen molar-refractivity contribution in [1.29, 1.82) is 0 Å². The fourth-order valence-electron chi connectivity index (χ4n) is 7.70. The molecule has 2 nitrogen and oxygen atoms in total.